The monoisotopic (exact) mass is 412 g/mol. The number of benzene rings is 2. The third-order valence-corrected chi connectivity index (χ3v) is 5.98. The van der Waals surface area contributed by atoms with E-state index in [1.54, 1.807) is 16.7 Å². The van der Waals surface area contributed by atoms with Crippen LogP contribution < -0.4 is 5.32 Å². The summed E-state index contributed by atoms with van der Waals surface area (Å²) in [5.74, 6) is 0.587. The number of nitrogens with one attached hydrogen (secondary N) is 1. The number of rotatable bonds is 10. The molecule has 0 saturated carbocycles. The third-order valence-electron chi connectivity index (χ3n) is 4.97. The molecule has 0 spiro atoms. The number of aryl methyl sites for hydroxylation is 1. The second-order valence-corrected chi connectivity index (χ2v) is 8.58. The minimum absolute atomic E-state index is 0.000748. The van der Waals surface area contributed by atoms with Crippen LogP contribution >= 0.6 is 11.8 Å². The SMILES string of the molecule is CC[C@@H](C)NC(=O)[C@H](C)N(Cc1ccc(C)cc1)C(=O)CCSc1ccccc1. The lowest BCUT2D eigenvalue weighted by molar-refractivity contribution is -0.140. The molecule has 0 fully saturated rings. The molecule has 2 amide bonds. The average Bonchev–Trinajstić information content (AvgIpc) is 2.73. The number of carbonyl (C=O) groups excluding carboxylic acids is 2. The summed E-state index contributed by atoms with van der Waals surface area (Å²) >= 11 is 1.66. The lowest BCUT2D eigenvalue weighted by atomic mass is 10.1. The molecule has 0 heterocycles. The summed E-state index contributed by atoms with van der Waals surface area (Å²) in [4.78, 5) is 28.6. The molecule has 0 aliphatic carbocycles. The summed E-state index contributed by atoms with van der Waals surface area (Å²) in [5.41, 5.74) is 2.20. The van der Waals surface area contributed by atoms with Crippen LogP contribution in [0, 0.1) is 6.92 Å². The van der Waals surface area contributed by atoms with Crippen LogP contribution in [-0.2, 0) is 16.1 Å². The molecular weight excluding hydrogens is 380 g/mol. The summed E-state index contributed by atoms with van der Waals surface area (Å²) in [5, 5.41) is 3.00. The molecule has 0 bridgehead atoms. The molecule has 156 valence electrons. The normalized spacial score (nSPS) is 12.8. The largest absolute Gasteiger partial charge is 0.352 e. The quantitative estimate of drug-likeness (QED) is 0.570. The Morgan fingerprint density at radius 1 is 1.03 bits per heavy atom. The molecule has 1 N–H and O–H groups in total. The summed E-state index contributed by atoms with van der Waals surface area (Å²) in [6.07, 6.45) is 1.25. The van der Waals surface area contributed by atoms with Crippen LogP contribution in [0.3, 0.4) is 0 Å². The Morgan fingerprint density at radius 3 is 2.31 bits per heavy atom. The lowest BCUT2D eigenvalue weighted by Crippen LogP contribution is -2.49. The van der Waals surface area contributed by atoms with E-state index >= 15 is 0 Å². The molecule has 0 unspecified atom stereocenters. The van der Waals surface area contributed by atoms with Crippen LogP contribution in [0.15, 0.2) is 59.5 Å². The van der Waals surface area contributed by atoms with Gasteiger partial charge in [0.05, 0.1) is 0 Å². The number of hydrogen-bond acceptors (Lipinski definition) is 3. The van der Waals surface area contributed by atoms with Gasteiger partial charge in [-0.3, -0.25) is 9.59 Å². The van der Waals surface area contributed by atoms with Gasteiger partial charge in [0, 0.05) is 29.7 Å². The highest BCUT2D eigenvalue weighted by Crippen LogP contribution is 2.19. The molecule has 4 nitrogen and oxygen atoms in total. The first-order valence-corrected chi connectivity index (χ1v) is 11.2. The number of hydrogen-bond donors (Lipinski definition) is 1. The Labute approximate surface area is 179 Å². The van der Waals surface area contributed by atoms with Crippen LogP contribution in [0.1, 0.15) is 44.7 Å². The molecule has 0 aliphatic heterocycles. The maximum absolute atomic E-state index is 13.0. The first-order valence-electron chi connectivity index (χ1n) is 10.2. The predicted octanol–water partition coefficient (Wildman–Crippen LogP) is 4.81. The second kappa shape index (κ2) is 11.7. The zero-order chi connectivity index (χ0) is 21.2. The maximum Gasteiger partial charge on any atom is 0.242 e. The fourth-order valence-corrected chi connectivity index (χ4v) is 3.72. The van der Waals surface area contributed by atoms with E-state index in [4.69, 9.17) is 0 Å². The van der Waals surface area contributed by atoms with E-state index in [2.05, 4.69) is 5.32 Å². The Hall–Kier alpha value is -2.27. The zero-order valence-corrected chi connectivity index (χ0v) is 18.7. The highest BCUT2D eigenvalue weighted by atomic mass is 32.2. The summed E-state index contributed by atoms with van der Waals surface area (Å²) in [6, 6.07) is 17.7. The van der Waals surface area contributed by atoms with Crippen molar-refractivity contribution < 1.29 is 9.59 Å². The highest BCUT2D eigenvalue weighted by Gasteiger charge is 2.26. The molecule has 2 aromatic carbocycles. The topological polar surface area (TPSA) is 49.4 Å². The molecule has 0 radical (unpaired) electrons. The Balaban J connectivity index is 2.06. The molecule has 2 rings (SSSR count). The van der Waals surface area contributed by atoms with E-state index in [0.717, 1.165) is 16.9 Å². The Kier molecular flexibility index (Phi) is 9.26. The van der Waals surface area contributed by atoms with Crippen molar-refractivity contribution in [3.05, 3.63) is 65.7 Å². The van der Waals surface area contributed by atoms with Gasteiger partial charge in [0.15, 0.2) is 0 Å². The summed E-state index contributed by atoms with van der Waals surface area (Å²) < 4.78 is 0. The van der Waals surface area contributed by atoms with E-state index in [0.29, 0.717) is 18.7 Å². The van der Waals surface area contributed by atoms with Gasteiger partial charge in [-0.1, -0.05) is 55.0 Å². The van der Waals surface area contributed by atoms with E-state index < -0.39 is 6.04 Å². The van der Waals surface area contributed by atoms with Gasteiger partial charge in [-0.15, -0.1) is 11.8 Å². The van der Waals surface area contributed by atoms with E-state index in [9.17, 15) is 9.59 Å². The molecule has 2 atom stereocenters. The summed E-state index contributed by atoms with van der Waals surface area (Å²) in [6.45, 7) is 8.30. The predicted molar refractivity (Wildman–Crippen MR) is 121 cm³/mol. The first-order chi connectivity index (χ1) is 13.9. The molecule has 2 aromatic rings. The molecule has 29 heavy (non-hydrogen) atoms. The van der Waals surface area contributed by atoms with Gasteiger partial charge in [0.25, 0.3) is 0 Å². The van der Waals surface area contributed by atoms with Crippen molar-refractivity contribution >= 4 is 23.6 Å². The molecule has 0 saturated heterocycles. The van der Waals surface area contributed by atoms with E-state index in [1.807, 2.05) is 82.3 Å². The van der Waals surface area contributed by atoms with Crippen LogP contribution in [-0.4, -0.2) is 34.6 Å². The highest BCUT2D eigenvalue weighted by molar-refractivity contribution is 7.99. The number of nitrogens with zero attached hydrogens (tertiary/aromatic N) is 1. The van der Waals surface area contributed by atoms with Crippen LogP contribution in [0.4, 0.5) is 0 Å². The lowest BCUT2D eigenvalue weighted by Gasteiger charge is -2.29. The fourth-order valence-electron chi connectivity index (χ4n) is 2.85. The number of carbonyl (C=O) groups is 2. The van der Waals surface area contributed by atoms with Crippen molar-refractivity contribution in [1.29, 1.82) is 0 Å². The molecule has 0 aromatic heterocycles. The van der Waals surface area contributed by atoms with Crippen LogP contribution in [0.5, 0.6) is 0 Å². The number of amides is 2. The van der Waals surface area contributed by atoms with Gasteiger partial charge in [-0.2, -0.15) is 0 Å². The van der Waals surface area contributed by atoms with E-state index in [-0.39, 0.29) is 17.9 Å². The summed E-state index contributed by atoms with van der Waals surface area (Å²) in [7, 11) is 0. The Morgan fingerprint density at radius 2 is 1.69 bits per heavy atom. The van der Waals surface area contributed by atoms with Gasteiger partial charge in [-0.25, -0.2) is 0 Å². The van der Waals surface area contributed by atoms with Gasteiger partial charge >= 0.3 is 0 Å². The van der Waals surface area contributed by atoms with Crippen molar-refractivity contribution in [2.75, 3.05) is 5.75 Å². The zero-order valence-electron chi connectivity index (χ0n) is 17.9. The van der Waals surface area contributed by atoms with Crippen molar-refractivity contribution in [3.63, 3.8) is 0 Å². The van der Waals surface area contributed by atoms with Gasteiger partial charge < -0.3 is 10.2 Å². The van der Waals surface area contributed by atoms with Crippen LogP contribution in [0.2, 0.25) is 0 Å². The van der Waals surface area contributed by atoms with Crippen molar-refractivity contribution in [1.82, 2.24) is 10.2 Å². The standard InChI is InChI=1S/C24H32N2O2S/c1-5-19(3)25-24(28)20(4)26(17-21-13-11-18(2)12-14-21)23(27)15-16-29-22-9-7-6-8-10-22/h6-14,19-20H,5,15-17H2,1-4H3,(H,25,28)/t19-,20+/m1/s1. The third kappa shape index (κ3) is 7.58. The minimum Gasteiger partial charge on any atom is -0.352 e. The van der Waals surface area contributed by atoms with Crippen LogP contribution in [0.25, 0.3) is 0 Å². The van der Waals surface area contributed by atoms with Gasteiger partial charge in [0.1, 0.15) is 6.04 Å². The fraction of sp³-hybridized carbons (Fsp3) is 0.417. The maximum atomic E-state index is 13.0. The average molecular weight is 413 g/mol. The number of thioether (sulfide) groups is 1. The molecule has 5 heteroatoms. The smallest absolute Gasteiger partial charge is 0.242 e. The van der Waals surface area contributed by atoms with Gasteiger partial charge in [-0.05, 0) is 44.9 Å². The van der Waals surface area contributed by atoms with Crippen molar-refractivity contribution in [3.8, 4) is 0 Å². The van der Waals surface area contributed by atoms with Gasteiger partial charge in [0.2, 0.25) is 11.8 Å². The van der Waals surface area contributed by atoms with Crippen molar-refractivity contribution in [2.24, 2.45) is 0 Å². The van der Waals surface area contributed by atoms with E-state index in [1.165, 1.54) is 5.56 Å². The Bertz CT molecular complexity index is 777. The second-order valence-electron chi connectivity index (χ2n) is 7.41. The molecule has 0 aliphatic rings. The van der Waals surface area contributed by atoms with Crippen molar-refractivity contribution in [2.45, 2.75) is 64.1 Å². The minimum atomic E-state index is -0.514. The first kappa shape index (κ1) is 23.0. The molecular formula is C24H32N2O2S.